The Balaban J connectivity index is 1.85. The Kier molecular flexibility index (Phi) is 3.94. The van der Waals surface area contributed by atoms with Crippen molar-refractivity contribution in [2.75, 3.05) is 26.7 Å². The molecule has 4 heteroatoms. The topological polar surface area (TPSA) is 12.5 Å². The zero-order valence-corrected chi connectivity index (χ0v) is 9.96. The van der Waals surface area contributed by atoms with Crippen molar-refractivity contribution in [1.82, 2.24) is 4.90 Å². The summed E-state index contributed by atoms with van der Waals surface area (Å²) in [6.07, 6.45) is 2.14. The predicted molar refractivity (Wildman–Crippen MR) is 62.1 cm³/mol. The van der Waals surface area contributed by atoms with Crippen LogP contribution in [0.25, 0.3) is 0 Å². The fourth-order valence-electron chi connectivity index (χ4n) is 2.03. The molecule has 1 aliphatic heterocycles. The van der Waals surface area contributed by atoms with E-state index in [-0.39, 0.29) is 5.75 Å². The van der Waals surface area contributed by atoms with Crippen molar-refractivity contribution < 1.29 is 13.5 Å². The predicted octanol–water partition coefficient (Wildman–Crippen LogP) is 2.69. The van der Waals surface area contributed by atoms with E-state index >= 15 is 0 Å². The third kappa shape index (κ3) is 3.40. The number of nitrogens with zero attached hydrogens (tertiary/aromatic N) is 1. The van der Waals surface area contributed by atoms with Gasteiger partial charge in [0.25, 0.3) is 0 Å². The second-order valence-electron chi connectivity index (χ2n) is 4.63. The Morgan fingerprint density at radius 2 is 2.00 bits per heavy atom. The molecule has 1 aromatic carbocycles. The molecule has 0 aromatic heterocycles. The molecule has 0 amide bonds. The number of hydrogen-bond acceptors (Lipinski definition) is 2. The molecule has 0 N–H and O–H groups in total. The molecule has 1 saturated heterocycles. The van der Waals surface area contributed by atoms with Gasteiger partial charge in [-0.05, 0) is 51.0 Å². The second-order valence-corrected chi connectivity index (χ2v) is 4.63. The number of halogens is 2. The van der Waals surface area contributed by atoms with E-state index in [1.54, 1.807) is 0 Å². The molecular formula is C13H17F2NO. The van der Waals surface area contributed by atoms with Crippen LogP contribution in [0.5, 0.6) is 5.75 Å². The Bertz CT molecular complexity index is 376. The summed E-state index contributed by atoms with van der Waals surface area (Å²) in [5.74, 6) is -0.590. The summed E-state index contributed by atoms with van der Waals surface area (Å²) in [7, 11) is 2.09. The zero-order chi connectivity index (χ0) is 12.3. The molecule has 0 spiro atoms. The summed E-state index contributed by atoms with van der Waals surface area (Å²) in [6.45, 7) is 2.62. The van der Waals surface area contributed by atoms with Crippen LogP contribution in [-0.4, -0.2) is 31.6 Å². The number of rotatable bonds is 3. The van der Waals surface area contributed by atoms with Gasteiger partial charge in [0.15, 0.2) is 11.6 Å². The van der Waals surface area contributed by atoms with Crippen molar-refractivity contribution in [2.45, 2.75) is 12.8 Å². The van der Waals surface area contributed by atoms with Crippen LogP contribution < -0.4 is 4.74 Å². The van der Waals surface area contributed by atoms with E-state index in [0.29, 0.717) is 12.5 Å². The molecule has 1 heterocycles. The van der Waals surface area contributed by atoms with Crippen molar-refractivity contribution >= 4 is 0 Å². The van der Waals surface area contributed by atoms with Crippen LogP contribution in [0.2, 0.25) is 0 Å². The summed E-state index contributed by atoms with van der Waals surface area (Å²) in [5, 5.41) is 0. The van der Waals surface area contributed by atoms with Crippen molar-refractivity contribution in [3.05, 3.63) is 29.8 Å². The minimum absolute atomic E-state index is 0.144. The first-order valence-corrected chi connectivity index (χ1v) is 5.91. The van der Waals surface area contributed by atoms with Gasteiger partial charge in [0.1, 0.15) is 5.82 Å². The highest BCUT2D eigenvalue weighted by atomic mass is 19.1. The van der Waals surface area contributed by atoms with E-state index in [0.717, 1.165) is 32.0 Å². The van der Waals surface area contributed by atoms with Crippen LogP contribution in [-0.2, 0) is 0 Å². The fourth-order valence-corrected chi connectivity index (χ4v) is 2.03. The van der Waals surface area contributed by atoms with Crippen molar-refractivity contribution in [1.29, 1.82) is 0 Å². The summed E-state index contributed by atoms with van der Waals surface area (Å²) in [6, 6.07) is 3.41. The van der Waals surface area contributed by atoms with Crippen LogP contribution in [0.4, 0.5) is 8.78 Å². The molecule has 0 radical (unpaired) electrons. The maximum Gasteiger partial charge on any atom is 0.167 e. The highest BCUT2D eigenvalue weighted by Gasteiger charge is 2.17. The summed E-state index contributed by atoms with van der Waals surface area (Å²) < 4.78 is 31.4. The third-order valence-corrected chi connectivity index (χ3v) is 3.21. The van der Waals surface area contributed by atoms with E-state index in [2.05, 4.69) is 11.9 Å². The lowest BCUT2D eigenvalue weighted by Gasteiger charge is -2.28. The second kappa shape index (κ2) is 5.45. The molecule has 1 aliphatic rings. The lowest BCUT2D eigenvalue weighted by atomic mass is 9.98. The molecule has 94 valence electrons. The lowest BCUT2D eigenvalue weighted by molar-refractivity contribution is 0.157. The van der Waals surface area contributed by atoms with Gasteiger partial charge in [-0.3, -0.25) is 0 Å². The maximum absolute atomic E-state index is 13.3. The molecule has 1 fully saturated rings. The number of ether oxygens (including phenoxy) is 1. The average molecular weight is 241 g/mol. The summed E-state index contributed by atoms with van der Waals surface area (Å²) in [5.41, 5.74) is 0. The van der Waals surface area contributed by atoms with Gasteiger partial charge < -0.3 is 9.64 Å². The maximum atomic E-state index is 13.3. The van der Waals surface area contributed by atoms with Crippen LogP contribution in [0.15, 0.2) is 18.2 Å². The Hall–Kier alpha value is -1.16. The van der Waals surface area contributed by atoms with Gasteiger partial charge in [0, 0.05) is 6.07 Å². The standard InChI is InChI=1S/C13H17F2NO/c1-16-6-4-10(5-7-16)9-17-13-3-2-11(14)8-12(13)15/h2-3,8,10H,4-7,9H2,1H3. The Morgan fingerprint density at radius 1 is 1.29 bits per heavy atom. The Labute approximate surface area is 100 Å². The minimum atomic E-state index is -0.627. The van der Waals surface area contributed by atoms with Gasteiger partial charge in [0.2, 0.25) is 0 Å². The quantitative estimate of drug-likeness (QED) is 0.806. The van der Waals surface area contributed by atoms with Crippen LogP contribution in [0, 0.1) is 17.6 Å². The van der Waals surface area contributed by atoms with Gasteiger partial charge in [-0.2, -0.15) is 0 Å². The van der Waals surface area contributed by atoms with Crippen molar-refractivity contribution in [2.24, 2.45) is 5.92 Å². The van der Waals surface area contributed by atoms with E-state index < -0.39 is 11.6 Å². The Morgan fingerprint density at radius 3 is 2.65 bits per heavy atom. The van der Waals surface area contributed by atoms with Gasteiger partial charge in [-0.15, -0.1) is 0 Å². The van der Waals surface area contributed by atoms with Crippen LogP contribution in [0.1, 0.15) is 12.8 Å². The van der Waals surface area contributed by atoms with Crippen LogP contribution >= 0.6 is 0 Å². The minimum Gasteiger partial charge on any atom is -0.490 e. The first kappa shape index (κ1) is 12.3. The molecule has 2 rings (SSSR count). The third-order valence-electron chi connectivity index (χ3n) is 3.21. The number of benzene rings is 1. The monoisotopic (exact) mass is 241 g/mol. The molecule has 1 aromatic rings. The normalized spacial score (nSPS) is 18.3. The van der Waals surface area contributed by atoms with E-state index in [9.17, 15) is 8.78 Å². The smallest absolute Gasteiger partial charge is 0.167 e. The number of hydrogen-bond donors (Lipinski definition) is 0. The highest BCUT2D eigenvalue weighted by Crippen LogP contribution is 2.21. The highest BCUT2D eigenvalue weighted by molar-refractivity contribution is 5.24. The molecule has 0 atom stereocenters. The van der Waals surface area contributed by atoms with Crippen molar-refractivity contribution in [3.63, 3.8) is 0 Å². The average Bonchev–Trinajstić information content (AvgIpc) is 2.30. The van der Waals surface area contributed by atoms with Gasteiger partial charge in [0.05, 0.1) is 6.61 Å². The molecule has 0 aliphatic carbocycles. The largest absolute Gasteiger partial charge is 0.490 e. The van der Waals surface area contributed by atoms with E-state index in [4.69, 9.17) is 4.74 Å². The first-order chi connectivity index (χ1) is 8.15. The van der Waals surface area contributed by atoms with E-state index in [1.165, 1.54) is 12.1 Å². The van der Waals surface area contributed by atoms with Crippen LogP contribution in [0.3, 0.4) is 0 Å². The van der Waals surface area contributed by atoms with Crippen molar-refractivity contribution in [3.8, 4) is 5.75 Å². The van der Waals surface area contributed by atoms with E-state index in [1.807, 2.05) is 0 Å². The lowest BCUT2D eigenvalue weighted by Crippen LogP contribution is -2.32. The molecular weight excluding hydrogens is 224 g/mol. The van der Waals surface area contributed by atoms with Gasteiger partial charge in [-0.1, -0.05) is 0 Å². The first-order valence-electron chi connectivity index (χ1n) is 5.91. The molecule has 2 nitrogen and oxygen atoms in total. The SMILES string of the molecule is CN1CCC(COc2ccc(F)cc2F)CC1. The van der Waals surface area contributed by atoms with Gasteiger partial charge >= 0.3 is 0 Å². The molecule has 17 heavy (non-hydrogen) atoms. The summed E-state index contributed by atoms with van der Waals surface area (Å²) in [4.78, 5) is 2.27. The number of piperidine rings is 1. The molecule has 0 saturated carbocycles. The molecule has 0 unspecified atom stereocenters. The number of likely N-dealkylation sites (tertiary alicyclic amines) is 1. The fraction of sp³-hybridized carbons (Fsp3) is 0.538. The molecule has 0 bridgehead atoms. The zero-order valence-electron chi connectivity index (χ0n) is 9.96. The van der Waals surface area contributed by atoms with Gasteiger partial charge in [-0.25, -0.2) is 8.78 Å². The summed E-state index contributed by atoms with van der Waals surface area (Å²) >= 11 is 0.